The molecular weight excluding hydrogens is 266 g/mol. The lowest BCUT2D eigenvalue weighted by Crippen LogP contribution is -2.55. The maximum atomic E-state index is 12.1. The van der Waals surface area contributed by atoms with Crippen LogP contribution in [0.4, 0.5) is 5.69 Å². The average Bonchev–Trinajstić information content (AvgIpc) is 2.72. The first-order valence-electron chi connectivity index (χ1n) is 7.49. The van der Waals surface area contributed by atoms with E-state index in [2.05, 4.69) is 24.1 Å². The number of amides is 2. The maximum absolute atomic E-state index is 12.1. The molecule has 2 aliphatic heterocycles. The van der Waals surface area contributed by atoms with Gasteiger partial charge in [0.15, 0.2) is 0 Å². The van der Waals surface area contributed by atoms with Crippen molar-refractivity contribution in [1.29, 1.82) is 0 Å². The van der Waals surface area contributed by atoms with E-state index in [1.54, 1.807) is 6.07 Å². The van der Waals surface area contributed by atoms with Gasteiger partial charge >= 0.3 is 0 Å². The van der Waals surface area contributed by atoms with Crippen LogP contribution in [0, 0.1) is 0 Å². The summed E-state index contributed by atoms with van der Waals surface area (Å²) in [6, 6.07) is 6.44. The van der Waals surface area contributed by atoms with Crippen LogP contribution in [0.25, 0.3) is 0 Å². The molecule has 0 radical (unpaired) electrons. The maximum Gasteiger partial charge on any atom is 0.261 e. The van der Waals surface area contributed by atoms with Gasteiger partial charge in [-0.1, -0.05) is 6.92 Å². The lowest BCUT2D eigenvalue weighted by molar-refractivity contribution is 0.0693. The lowest BCUT2D eigenvalue weighted by atomic mass is 10.0. The number of hydrogen-bond donors (Lipinski definition) is 1. The molecule has 112 valence electrons. The topological polar surface area (TPSA) is 52.7 Å². The average molecular weight is 287 g/mol. The van der Waals surface area contributed by atoms with Gasteiger partial charge in [-0.15, -0.1) is 0 Å². The molecule has 3 rings (SSSR count). The minimum absolute atomic E-state index is 0.202. The molecule has 0 bridgehead atoms. The molecule has 1 N–H and O–H groups in total. The minimum Gasteiger partial charge on any atom is -0.366 e. The number of imide groups is 1. The first kappa shape index (κ1) is 14.1. The molecule has 1 aromatic carbocycles. The van der Waals surface area contributed by atoms with Crippen molar-refractivity contribution in [3.63, 3.8) is 0 Å². The van der Waals surface area contributed by atoms with Gasteiger partial charge in [-0.05, 0) is 31.5 Å². The van der Waals surface area contributed by atoms with Crippen LogP contribution in [0.3, 0.4) is 0 Å². The van der Waals surface area contributed by atoms with E-state index in [1.165, 1.54) is 11.9 Å². The molecule has 5 nitrogen and oxygen atoms in total. The van der Waals surface area contributed by atoms with E-state index in [4.69, 9.17) is 0 Å². The number of carbonyl (C=O) groups excluding carboxylic acids is 2. The number of carbonyl (C=O) groups is 2. The molecule has 2 unspecified atom stereocenters. The molecule has 0 saturated carbocycles. The molecular formula is C16H21N3O2. The van der Waals surface area contributed by atoms with Gasteiger partial charge in [0.25, 0.3) is 11.8 Å². The second-order valence-corrected chi connectivity index (χ2v) is 5.91. The monoisotopic (exact) mass is 287 g/mol. The number of hydrogen-bond acceptors (Lipinski definition) is 4. The molecule has 0 aromatic heterocycles. The zero-order valence-corrected chi connectivity index (χ0v) is 12.7. The van der Waals surface area contributed by atoms with Crippen molar-refractivity contribution in [1.82, 2.24) is 10.2 Å². The Morgan fingerprint density at radius 3 is 2.67 bits per heavy atom. The van der Waals surface area contributed by atoms with E-state index in [1.807, 2.05) is 12.1 Å². The van der Waals surface area contributed by atoms with Crippen LogP contribution < -0.4 is 10.2 Å². The van der Waals surface area contributed by atoms with Crippen molar-refractivity contribution < 1.29 is 9.59 Å². The van der Waals surface area contributed by atoms with Gasteiger partial charge in [0.2, 0.25) is 0 Å². The second-order valence-electron chi connectivity index (χ2n) is 5.91. The van der Waals surface area contributed by atoms with Crippen molar-refractivity contribution in [2.75, 3.05) is 25.0 Å². The fourth-order valence-corrected chi connectivity index (χ4v) is 3.09. The van der Waals surface area contributed by atoms with E-state index < -0.39 is 0 Å². The summed E-state index contributed by atoms with van der Waals surface area (Å²) in [7, 11) is 1.53. The Morgan fingerprint density at radius 1 is 1.24 bits per heavy atom. The highest BCUT2D eigenvalue weighted by Gasteiger charge is 2.34. The molecule has 1 fully saturated rings. The fraction of sp³-hybridized carbons (Fsp3) is 0.500. The van der Waals surface area contributed by atoms with Gasteiger partial charge in [-0.25, -0.2) is 0 Å². The molecule has 0 aliphatic carbocycles. The molecule has 0 spiro atoms. The largest absolute Gasteiger partial charge is 0.366 e. The number of piperazine rings is 1. The zero-order valence-electron chi connectivity index (χ0n) is 12.7. The second kappa shape index (κ2) is 5.15. The highest BCUT2D eigenvalue weighted by atomic mass is 16.2. The van der Waals surface area contributed by atoms with E-state index in [0.29, 0.717) is 23.2 Å². The van der Waals surface area contributed by atoms with E-state index in [9.17, 15) is 9.59 Å². The Hall–Kier alpha value is -1.88. The third-order valence-electron chi connectivity index (χ3n) is 4.55. The summed E-state index contributed by atoms with van der Waals surface area (Å²) in [5, 5.41) is 3.52. The smallest absolute Gasteiger partial charge is 0.261 e. The summed E-state index contributed by atoms with van der Waals surface area (Å²) >= 11 is 0. The van der Waals surface area contributed by atoms with Gasteiger partial charge in [-0.3, -0.25) is 14.5 Å². The molecule has 5 heteroatoms. The lowest BCUT2D eigenvalue weighted by Gasteiger charge is -2.40. The van der Waals surface area contributed by atoms with Gasteiger partial charge in [0.1, 0.15) is 0 Å². The summed E-state index contributed by atoms with van der Waals surface area (Å²) in [5.74, 6) is -0.409. The Morgan fingerprint density at radius 2 is 1.95 bits per heavy atom. The number of nitrogens with one attached hydrogen (secondary N) is 1. The van der Waals surface area contributed by atoms with Crippen LogP contribution in [0.1, 0.15) is 41.0 Å². The van der Waals surface area contributed by atoms with Crippen LogP contribution in [-0.4, -0.2) is 48.9 Å². The summed E-state index contributed by atoms with van der Waals surface area (Å²) in [4.78, 5) is 27.6. The Balaban J connectivity index is 1.94. The fourth-order valence-electron chi connectivity index (χ4n) is 3.09. The zero-order chi connectivity index (χ0) is 15.1. The van der Waals surface area contributed by atoms with Crippen LogP contribution in [0.2, 0.25) is 0 Å². The van der Waals surface area contributed by atoms with Gasteiger partial charge in [0.05, 0.1) is 11.1 Å². The predicted octanol–water partition coefficient (Wildman–Crippen LogP) is 1.49. The highest BCUT2D eigenvalue weighted by Crippen LogP contribution is 2.28. The normalized spacial score (nSPS) is 25.5. The molecule has 2 amide bonds. The van der Waals surface area contributed by atoms with E-state index in [0.717, 1.165) is 25.2 Å². The highest BCUT2D eigenvalue weighted by molar-refractivity contribution is 6.21. The van der Waals surface area contributed by atoms with Crippen molar-refractivity contribution in [2.45, 2.75) is 32.4 Å². The van der Waals surface area contributed by atoms with Crippen LogP contribution >= 0.6 is 0 Å². The van der Waals surface area contributed by atoms with E-state index >= 15 is 0 Å². The minimum atomic E-state index is -0.207. The number of fused-ring (bicyclic) bond motifs is 1. The number of benzene rings is 1. The molecule has 1 saturated heterocycles. The summed E-state index contributed by atoms with van der Waals surface area (Å²) in [6.07, 6.45) is 1.08. The Labute approximate surface area is 124 Å². The first-order valence-corrected chi connectivity index (χ1v) is 7.49. The first-order chi connectivity index (χ1) is 10.0. The van der Waals surface area contributed by atoms with Crippen LogP contribution in [0.5, 0.6) is 0 Å². The quantitative estimate of drug-likeness (QED) is 0.837. The van der Waals surface area contributed by atoms with E-state index in [-0.39, 0.29) is 11.8 Å². The molecule has 21 heavy (non-hydrogen) atoms. The standard InChI is InChI=1S/C16H21N3O2/c1-4-11-9-19(10(2)8-17-11)12-5-6-13-14(7-12)16(21)18(3)15(13)20/h5-7,10-11,17H,4,8-9H2,1-3H3. The van der Waals surface area contributed by atoms with Gasteiger partial charge < -0.3 is 10.2 Å². The molecule has 1 aromatic rings. The van der Waals surface area contributed by atoms with Crippen LogP contribution in [0.15, 0.2) is 18.2 Å². The molecule has 2 aliphatic rings. The van der Waals surface area contributed by atoms with Crippen molar-refractivity contribution in [3.05, 3.63) is 29.3 Å². The summed E-state index contributed by atoms with van der Waals surface area (Å²) in [6.45, 7) is 6.20. The van der Waals surface area contributed by atoms with Gasteiger partial charge in [-0.2, -0.15) is 0 Å². The van der Waals surface area contributed by atoms with Crippen molar-refractivity contribution >= 4 is 17.5 Å². The number of anilines is 1. The van der Waals surface area contributed by atoms with Crippen molar-refractivity contribution in [2.24, 2.45) is 0 Å². The third-order valence-corrected chi connectivity index (χ3v) is 4.55. The summed E-state index contributed by atoms with van der Waals surface area (Å²) < 4.78 is 0. The predicted molar refractivity (Wildman–Crippen MR) is 81.8 cm³/mol. The SMILES string of the molecule is CCC1CN(c2ccc3c(c2)C(=O)N(C)C3=O)C(C)CN1. The van der Waals surface area contributed by atoms with Gasteiger partial charge in [0, 0.05) is 37.9 Å². The summed E-state index contributed by atoms with van der Waals surface area (Å²) in [5.41, 5.74) is 2.07. The Kier molecular flexibility index (Phi) is 3.45. The molecule has 2 heterocycles. The van der Waals surface area contributed by atoms with Crippen LogP contribution in [-0.2, 0) is 0 Å². The number of rotatable bonds is 2. The molecule has 2 atom stereocenters. The Bertz CT molecular complexity index is 599. The third kappa shape index (κ3) is 2.21. The van der Waals surface area contributed by atoms with Crippen molar-refractivity contribution in [3.8, 4) is 0 Å². The number of nitrogens with zero attached hydrogens (tertiary/aromatic N) is 2.